The minimum Gasteiger partial charge on any atom is -0.396 e. The first-order valence-electron chi connectivity index (χ1n) is 10.6. The van der Waals surface area contributed by atoms with Crippen LogP contribution in [0.3, 0.4) is 0 Å². The Morgan fingerprint density at radius 1 is 1.04 bits per heavy atom. The third-order valence-corrected chi connectivity index (χ3v) is 5.87. The maximum atomic E-state index is 9.46. The van der Waals surface area contributed by atoms with Gasteiger partial charge >= 0.3 is 0 Å². The van der Waals surface area contributed by atoms with Gasteiger partial charge in [0, 0.05) is 26.2 Å². The molecule has 0 amide bonds. The molecule has 0 unspecified atom stereocenters. The van der Waals surface area contributed by atoms with Crippen LogP contribution in [-0.4, -0.2) is 61.8 Å². The normalized spacial score (nSPS) is 21.4. The molecule has 0 aromatic carbocycles. The topological polar surface area (TPSA) is 59.9 Å². The SMILES string of the molecule is CCNC(=NCC1(CCO)CCCCC1)NCCCCN1CCCC1. The van der Waals surface area contributed by atoms with Crippen LogP contribution in [0.2, 0.25) is 0 Å². The number of nitrogens with one attached hydrogen (secondary N) is 2. The van der Waals surface area contributed by atoms with Crippen molar-refractivity contribution in [3.63, 3.8) is 0 Å². The van der Waals surface area contributed by atoms with Crippen LogP contribution >= 0.6 is 0 Å². The highest BCUT2D eigenvalue weighted by Gasteiger charge is 2.31. The molecule has 0 aromatic heterocycles. The maximum Gasteiger partial charge on any atom is 0.191 e. The molecule has 2 aliphatic rings. The predicted molar refractivity (Wildman–Crippen MR) is 106 cm³/mol. The molecule has 2 rings (SSSR count). The van der Waals surface area contributed by atoms with E-state index in [9.17, 15) is 5.11 Å². The molecule has 1 saturated carbocycles. The van der Waals surface area contributed by atoms with E-state index in [1.165, 1.54) is 77.4 Å². The Kier molecular flexibility index (Phi) is 9.63. The third kappa shape index (κ3) is 7.53. The van der Waals surface area contributed by atoms with Crippen LogP contribution in [-0.2, 0) is 0 Å². The second-order valence-corrected chi connectivity index (χ2v) is 7.91. The first-order chi connectivity index (χ1) is 12.3. The van der Waals surface area contributed by atoms with Crippen LogP contribution in [0, 0.1) is 5.41 Å². The lowest BCUT2D eigenvalue weighted by atomic mass is 9.72. The Bertz CT molecular complexity index is 368. The van der Waals surface area contributed by atoms with Gasteiger partial charge in [-0.25, -0.2) is 0 Å². The molecule has 0 atom stereocenters. The molecule has 1 heterocycles. The van der Waals surface area contributed by atoms with E-state index in [-0.39, 0.29) is 12.0 Å². The summed E-state index contributed by atoms with van der Waals surface area (Å²) >= 11 is 0. The minimum atomic E-state index is 0.227. The first kappa shape index (κ1) is 20.5. The van der Waals surface area contributed by atoms with Crippen molar-refractivity contribution in [2.45, 2.75) is 71.1 Å². The fraction of sp³-hybridized carbons (Fsp3) is 0.950. The molecule has 0 spiro atoms. The van der Waals surface area contributed by atoms with Gasteiger partial charge in [0.05, 0.1) is 0 Å². The molecular weight excluding hydrogens is 312 g/mol. The summed E-state index contributed by atoms with van der Waals surface area (Å²) in [4.78, 5) is 7.46. The molecule has 3 N–H and O–H groups in total. The van der Waals surface area contributed by atoms with Gasteiger partial charge in [-0.1, -0.05) is 19.3 Å². The van der Waals surface area contributed by atoms with Crippen molar-refractivity contribution in [3.05, 3.63) is 0 Å². The van der Waals surface area contributed by atoms with E-state index in [0.717, 1.165) is 32.0 Å². The van der Waals surface area contributed by atoms with E-state index < -0.39 is 0 Å². The predicted octanol–water partition coefficient (Wildman–Crippen LogP) is 2.75. The van der Waals surface area contributed by atoms with Crippen LogP contribution in [0.25, 0.3) is 0 Å². The Labute approximate surface area is 154 Å². The molecule has 146 valence electrons. The van der Waals surface area contributed by atoms with Crippen LogP contribution in [0.1, 0.15) is 71.1 Å². The number of aliphatic imine (C=N–C) groups is 1. The van der Waals surface area contributed by atoms with Gasteiger partial charge in [-0.15, -0.1) is 0 Å². The Morgan fingerprint density at radius 2 is 1.80 bits per heavy atom. The summed E-state index contributed by atoms with van der Waals surface area (Å²) in [5.41, 5.74) is 0.227. The average Bonchev–Trinajstić information content (AvgIpc) is 3.14. The molecule has 0 radical (unpaired) electrons. The van der Waals surface area contributed by atoms with E-state index in [4.69, 9.17) is 4.99 Å². The molecule has 0 aromatic rings. The summed E-state index contributed by atoms with van der Waals surface area (Å²) in [6, 6.07) is 0. The highest BCUT2D eigenvalue weighted by atomic mass is 16.3. The number of guanidine groups is 1. The molecule has 2 fully saturated rings. The van der Waals surface area contributed by atoms with Crippen molar-refractivity contribution in [3.8, 4) is 0 Å². The Balaban J connectivity index is 1.72. The van der Waals surface area contributed by atoms with E-state index in [0.29, 0.717) is 0 Å². The largest absolute Gasteiger partial charge is 0.396 e. The smallest absolute Gasteiger partial charge is 0.191 e. The van der Waals surface area contributed by atoms with Gasteiger partial charge in [0.1, 0.15) is 0 Å². The van der Waals surface area contributed by atoms with Gasteiger partial charge in [-0.3, -0.25) is 4.99 Å². The fourth-order valence-electron chi connectivity index (χ4n) is 4.29. The molecule has 0 bridgehead atoms. The number of hydrogen-bond acceptors (Lipinski definition) is 3. The third-order valence-electron chi connectivity index (χ3n) is 5.87. The molecular formula is C20H40N4O. The molecule has 25 heavy (non-hydrogen) atoms. The lowest BCUT2D eigenvalue weighted by molar-refractivity contribution is 0.137. The number of likely N-dealkylation sites (tertiary alicyclic amines) is 1. The van der Waals surface area contributed by atoms with Gasteiger partial charge in [-0.2, -0.15) is 0 Å². The van der Waals surface area contributed by atoms with Crippen LogP contribution in [0.5, 0.6) is 0 Å². The second-order valence-electron chi connectivity index (χ2n) is 7.91. The van der Waals surface area contributed by atoms with Crippen molar-refractivity contribution in [2.75, 3.05) is 45.9 Å². The number of hydrogen-bond donors (Lipinski definition) is 3. The van der Waals surface area contributed by atoms with Crippen molar-refractivity contribution in [1.82, 2.24) is 15.5 Å². The molecule has 5 nitrogen and oxygen atoms in total. The summed E-state index contributed by atoms with van der Waals surface area (Å²) < 4.78 is 0. The summed E-state index contributed by atoms with van der Waals surface area (Å²) in [5.74, 6) is 0.951. The van der Waals surface area contributed by atoms with E-state index in [1.807, 2.05) is 0 Å². The van der Waals surface area contributed by atoms with Crippen LogP contribution < -0.4 is 10.6 Å². The maximum absolute atomic E-state index is 9.46. The average molecular weight is 353 g/mol. The number of rotatable bonds is 10. The van der Waals surface area contributed by atoms with Crippen molar-refractivity contribution < 1.29 is 5.11 Å². The number of unbranched alkanes of at least 4 members (excludes halogenated alkanes) is 1. The standard InChI is InChI=1S/C20H40N4O/c1-2-21-19(22-13-6-7-14-24-15-8-9-16-24)23-18-20(12-17-25)10-4-3-5-11-20/h25H,2-18H2,1H3,(H2,21,22,23). The highest BCUT2D eigenvalue weighted by molar-refractivity contribution is 5.79. The zero-order valence-corrected chi connectivity index (χ0v) is 16.4. The lowest BCUT2D eigenvalue weighted by Crippen LogP contribution is -2.39. The first-order valence-corrected chi connectivity index (χ1v) is 10.6. The quantitative estimate of drug-likeness (QED) is 0.321. The number of nitrogens with zero attached hydrogens (tertiary/aromatic N) is 2. The summed E-state index contributed by atoms with van der Waals surface area (Å²) in [5, 5.41) is 16.3. The lowest BCUT2D eigenvalue weighted by Gasteiger charge is -2.35. The van der Waals surface area contributed by atoms with Crippen molar-refractivity contribution in [1.29, 1.82) is 0 Å². The number of aliphatic hydroxyl groups excluding tert-OH is 1. The van der Waals surface area contributed by atoms with E-state index >= 15 is 0 Å². The summed E-state index contributed by atoms with van der Waals surface area (Å²) in [7, 11) is 0. The molecule has 1 saturated heterocycles. The van der Waals surface area contributed by atoms with Crippen LogP contribution in [0.15, 0.2) is 4.99 Å². The fourth-order valence-corrected chi connectivity index (χ4v) is 4.29. The zero-order chi connectivity index (χ0) is 17.8. The van der Waals surface area contributed by atoms with Crippen molar-refractivity contribution >= 4 is 5.96 Å². The number of aliphatic hydroxyl groups is 1. The monoisotopic (exact) mass is 352 g/mol. The highest BCUT2D eigenvalue weighted by Crippen LogP contribution is 2.39. The van der Waals surface area contributed by atoms with Gasteiger partial charge in [-0.05, 0) is 76.9 Å². The van der Waals surface area contributed by atoms with Gasteiger partial charge in [0.2, 0.25) is 0 Å². The van der Waals surface area contributed by atoms with Crippen LogP contribution in [0.4, 0.5) is 0 Å². The second kappa shape index (κ2) is 11.7. The summed E-state index contributed by atoms with van der Waals surface area (Å²) in [6.45, 7) is 8.98. The zero-order valence-electron chi connectivity index (χ0n) is 16.4. The van der Waals surface area contributed by atoms with Gasteiger partial charge in [0.15, 0.2) is 5.96 Å². The molecule has 1 aliphatic carbocycles. The van der Waals surface area contributed by atoms with Gasteiger partial charge < -0.3 is 20.6 Å². The Hall–Kier alpha value is -0.810. The van der Waals surface area contributed by atoms with Gasteiger partial charge in [0.25, 0.3) is 0 Å². The minimum absolute atomic E-state index is 0.227. The van der Waals surface area contributed by atoms with Crippen molar-refractivity contribution in [2.24, 2.45) is 10.4 Å². The molecule has 5 heteroatoms. The summed E-state index contributed by atoms with van der Waals surface area (Å²) in [6.07, 6.45) is 12.5. The Morgan fingerprint density at radius 3 is 2.48 bits per heavy atom. The molecule has 1 aliphatic heterocycles. The van der Waals surface area contributed by atoms with E-state index in [1.54, 1.807) is 0 Å². The van der Waals surface area contributed by atoms with E-state index in [2.05, 4.69) is 22.5 Å².